The zero-order valence-corrected chi connectivity index (χ0v) is 13.8. The number of carbonyl (C=O) groups is 1. The van der Waals surface area contributed by atoms with E-state index in [0.29, 0.717) is 22.8 Å². The van der Waals surface area contributed by atoms with Crippen LogP contribution in [0.4, 0.5) is 0 Å². The van der Waals surface area contributed by atoms with E-state index in [2.05, 4.69) is 5.32 Å². The second-order valence-electron chi connectivity index (χ2n) is 4.99. The predicted octanol–water partition coefficient (Wildman–Crippen LogP) is 3.20. The fourth-order valence-electron chi connectivity index (χ4n) is 2.38. The minimum absolute atomic E-state index is 0.124. The number of hydrogen-bond acceptors (Lipinski definition) is 4. The molecule has 0 saturated heterocycles. The molecule has 2 aromatic rings. The lowest BCUT2D eigenvalue weighted by Gasteiger charge is -2.18. The van der Waals surface area contributed by atoms with Gasteiger partial charge >= 0.3 is 0 Å². The van der Waals surface area contributed by atoms with E-state index in [9.17, 15) is 4.79 Å². The molecule has 0 aliphatic carbocycles. The number of hydrogen-bond donors (Lipinski definition) is 1. The molecule has 0 bridgehead atoms. The van der Waals surface area contributed by atoms with Crippen LogP contribution in [0.15, 0.2) is 42.5 Å². The van der Waals surface area contributed by atoms with Gasteiger partial charge in [-0.1, -0.05) is 30.3 Å². The molecule has 1 amide bonds. The molecule has 5 nitrogen and oxygen atoms in total. The van der Waals surface area contributed by atoms with Crippen LogP contribution in [0, 0.1) is 0 Å². The molecule has 0 heterocycles. The second kappa shape index (κ2) is 7.54. The van der Waals surface area contributed by atoms with Crippen molar-refractivity contribution in [2.24, 2.45) is 0 Å². The van der Waals surface area contributed by atoms with Gasteiger partial charge in [-0.15, -0.1) is 0 Å². The van der Waals surface area contributed by atoms with Crippen molar-refractivity contribution in [2.45, 2.75) is 13.0 Å². The lowest BCUT2D eigenvalue weighted by Crippen LogP contribution is -2.27. The molecule has 0 spiro atoms. The fraction of sp³-hybridized carbons (Fsp3) is 0.278. The van der Waals surface area contributed by atoms with E-state index in [0.717, 1.165) is 5.56 Å². The van der Waals surface area contributed by atoms with E-state index in [1.165, 1.54) is 21.3 Å². The topological polar surface area (TPSA) is 56.8 Å². The van der Waals surface area contributed by atoms with Gasteiger partial charge in [0.25, 0.3) is 5.91 Å². The second-order valence-corrected chi connectivity index (χ2v) is 4.99. The molecule has 1 unspecified atom stereocenters. The third kappa shape index (κ3) is 3.56. The molecule has 0 radical (unpaired) electrons. The summed E-state index contributed by atoms with van der Waals surface area (Å²) < 4.78 is 15.9. The summed E-state index contributed by atoms with van der Waals surface area (Å²) in [5.41, 5.74) is 1.42. The van der Waals surface area contributed by atoms with Crippen LogP contribution in [0.25, 0.3) is 0 Å². The molecule has 2 aromatic carbocycles. The highest BCUT2D eigenvalue weighted by molar-refractivity contribution is 5.98. The van der Waals surface area contributed by atoms with Crippen molar-refractivity contribution in [3.05, 3.63) is 53.6 Å². The first kappa shape index (κ1) is 16.7. The molecular weight excluding hydrogens is 294 g/mol. The minimum Gasteiger partial charge on any atom is -0.493 e. The van der Waals surface area contributed by atoms with Gasteiger partial charge in [-0.2, -0.15) is 0 Å². The maximum Gasteiger partial charge on any atom is 0.255 e. The molecule has 0 aromatic heterocycles. The van der Waals surface area contributed by atoms with Gasteiger partial charge in [-0.25, -0.2) is 0 Å². The Bertz CT molecular complexity index is 670. The zero-order valence-electron chi connectivity index (χ0n) is 13.8. The zero-order chi connectivity index (χ0) is 16.8. The summed E-state index contributed by atoms with van der Waals surface area (Å²) >= 11 is 0. The Kier molecular flexibility index (Phi) is 5.46. The van der Waals surface area contributed by atoms with E-state index < -0.39 is 0 Å². The van der Waals surface area contributed by atoms with Crippen molar-refractivity contribution >= 4 is 5.91 Å². The van der Waals surface area contributed by atoms with Crippen LogP contribution in [0.1, 0.15) is 28.9 Å². The molecule has 1 atom stereocenters. The number of carbonyl (C=O) groups excluding carboxylic acids is 1. The highest BCUT2D eigenvalue weighted by Crippen LogP contribution is 2.39. The summed E-state index contributed by atoms with van der Waals surface area (Å²) in [6.07, 6.45) is 0. The van der Waals surface area contributed by atoms with Gasteiger partial charge in [-0.05, 0) is 24.6 Å². The molecule has 2 rings (SSSR count). The van der Waals surface area contributed by atoms with Gasteiger partial charge in [0.05, 0.1) is 32.9 Å². The van der Waals surface area contributed by atoms with Crippen molar-refractivity contribution in [1.29, 1.82) is 0 Å². The van der Waals surface area contributed by atoms with Crippen molar-refractivity contribution in [3.63, 3.8) is 0 Å². The molecule has 1 N–H and O–H groups in total. The van der Waals surface area contributed by atoms with Gasteiger partial charge in [0, 0.05) is 0 Å². The number of ether oxygens (including phenoxy) is 3. The molecule has 0 aliphatic rings. The predicted molar refractivity (Wildman–Crippen MR) is 88.4 cm³/mol. The average Bonchev–Trinajstić information content (AvgIpc) is 2.60. The summed E-state index contributed by atoms with van der Waals surface area (Å²) in [6, 6.07) is 13.0. The summed E-state index contributed by atoms with van der Waals surface area (Å²) in [6.45, 7) is 1.93. The third-order valence-corrected chi connectivity index (χ3v) is 3.60. The van der Waals surface area contributed by atoms with Crippen LogP contribution in [0.3, 0.4) is 0 Å². The molecule has 23 heavy (non-hydrogen) atoms. The van der Waals surface area contributed by atoms with Crippen molar-refractivity contribution < 1.29 is 19.0 Å². The summed E-state index contributed by atoms with van der Waals surface area (Å²) in [7, 11) is 4.54. The SMILES string of the molecule is COc1ccc(C(=O)NC(C)c2ccccc2)c(OC)c1OC. The highest BCUT2D eigenvalue weighted by Gasteiger charge is 2.21. The summed E-state index contributed by atoms with van der Waals surface area (Å²) in [4.78, 5) is 12.6. The largest absolute Gasteiger partial charge is 0.493 e. The lowest BCUT2D eigenvalue weighted by atomic mass is 10.1. The van der Waals surface area contributed by atoms with E-state index in [1.807, 2.05) is 37.3 Å². The van der Waals surface area contributed by atoms with Crippen LogP contribution in [-0.4, -0.2) is 27.2 Å². The molecule has 0 aliphatic heterocycles. The van der Waals surface area contributed by atoms with Crippen LogP contribution in [0.2, 0.25) is 0 Å². The molecular formula is C18H21NO4. The Morgan fingerprint density at radius 3 is 2.13 bits per heavy atom. The monoisotopic (exact) mass is 315 g/mol. The first-order valence-electron chi connectivity index (χ1n) is 7.27. The van der Waals surface area contributed by atoms with Crippen molar-refractivity contribution in [1.82, 2.24) is 5.32 Å². The summed E-state index contributed by atoms with van der Waals surface area (Å²) in [5, 5.41) is 2.96. The van der Waals surface area contributed by atoms with Gasteiger partial charge in [0.1, 0.15) is 0 Å². The molecule has 5 heteroatoms. The standard InChI is InChI=1S/C18H21NO4/c1-12(13-8-6-5-7-9-13)19-18(20)14-10-11-15(21-2)17(23-4)16(14)22-3/h5-12H,1-4H3,(H,19,20). The van der Waals surface area contributed by atoms with Crippen LogP contribution in [-0.2, 0) is 0 Å². The Morgan fingerprint density at radius 2 is 1.57 bits per heavy atom. The van der Waals surface area contributed by atoms with Gasteiger partial charge in [0.2, 0.25) is 5.75 Å². The van der Waals surface area contributed by atoms with Crippen LogP contribution < -0.4 is 19.5 Å². The minimum atomic E-state index is -0.237. The normalized spacial score (nSPS) is 11.5. The Hall–Kier alpha value is -2.69. The van der Waals surface area contributed by atoms with Gasteiger partial charge < -0.3 is 19.5 Å². The Morgan fingerprint density at radius 1 is 0.913 bits per heavy atom. The van der Waals surface area contributed by atoms with Gasteiger partial charge in [-0.3, -0.25) is 4.79 Å². The van der Waals surface area contributed by atoms with E-state index >= 15 is 0 Å². The molecule has 0 fully saturated rings. The number of nitrogens with one attached hydrogen (secondary N) is 1. The maximum atomic E-state index is 12.6. The van der Waals surface area contributed by atoms with Crippen molar-refractivity contribution in [2.75, 3.05) is 21.3 Å². The quantitative estimate of drug-likeness (QED) is 0.889. The van der Waals surface area contributed by atoms with Gasteiger partial charge in [0.15, 0.2) is 11.5 Å². The van der Waals surface area contributed by atoms with E-state index in [4.69, 9.17) is 14.2 Å². The summed E-state index contributed by atoms with van der Waals surface area (Å²) in [5.74, 6) is 1.02. The average molecular weight is 315 g/mol. The fourth-order valence-corrected chi connectivity index (χ4v) is 2.38. The Labute approximate surface area is 136 Å². The number of amides is 1. The molecule has 0 saturated carbocycles. The number of methoxy groups -OCH3 is 3. The maximum absolute atomic E-state index is 12.6. The lowest BCUT2D eigenvalue weighted by molar-refractivity contribution is 0.0936. The highest BCUT2D eigenvalue weighted by atomic mass is 16.5. The van der Waals surface area contributed by atoms with E-state index in [1.54, 1.807) is 12.1 Å². The van der Waals surface area contributed by atoms with Crippen LogP contribution in [0.5, 0.6) is 17.2 Å². The third-order valence-electron chi connectivity index (χ3n) is 3.60. The first-order chi connectivity index (χ1) is 11.1. The Balaban J connectivity index is 2.29. The number of benzene rings is 2. The van der Waals surface area contributed by atoms with Crippen molar-refractivity contribution in [3.8, 4) is 17.2 Å². The van der Waals surface area contributed by atoms with Crippen LogP contribution >= 0.6 is 0 Å². The van der Waals surface area contributed by atoms with E-state index in [-0.39, 0.29) is 11.9 Å². The smallest absolute Gasteiger partial charge is 0.255 e. The molecule has 122 valence electrons. The first-order valence-corrected chi connectivity index (χ1v) is 7.27. The number of rotatable bonds is 6.